The highest BCUT2D eigenvalue weighted by Crippen LogP contribution is 2.21. The summed E-state index contributed by atoms with van der Waals surface area (Å²) in [5.41, 5.74) is 1.77. The normalized spacial score (nSPS) is 15.6. The molecule has 0 aliphatic carbocycles. The van der Waals surface area contributed by atoms with E-state index in [0.29, 0.717) is 36.3 Å². The van der Waals surface area contributed by atoms with Crippen molar-refractivity contribution in [1.82, 2.24) is 9.21 Å². The van der Waals surface area contributed by atoms with Gasteiger partial charge < -0.3 is 10.2 Å². The van der Waals surface area contributed by atoms with Gasteiger partial charge in [0.15, 0.2) is 5.11 Å². The van der Waals surface area contributed by atoms with Crippen molar-refractivity contribution in [3.63, 3.8) is 0 Å². The maximum atomic E-state index is 13.0. The van der Waals surface area contributed by atoms with E-state index in [1.165, 1.54) is 16.4 Å². The minimum absolute atomic E-state index is 0.0901. The summed E-state index contributed by atoms with van der Waals surface area (Å²) in [4.78, 5) is 2.01. The number of nitrogens with zero attached hydrogens (tertiary/aromatic N) is 2. The van der Waals surface area contributed by atoms with Gasteiger partial charge in [0.2, 0.25) is 10.0 Å². The van der Waals surface area contributed by atoms with Gasteiger partial charge in [-0.3, -0.25) is 0 Å². The molecule has 0 bridgehead atoms. The summed E-state index contributed by atoms with van der Waals surface area (Å²) in [6.45, 7) is 3.45. The number of nitrogens with one attached hydrogen (secondary N) is 1. The first-order chi connectivity index (χ1) is 12.8. The predicted molar refractivity (Wildman–Crippen MR) is 109 cm³/mol. The van der Waals surface area contributed by atoms with Gasteiger partial charge in [-0.2, -0.15) is 4.31 Å². The van der Waals surface area contributed by atoms with E-state index < -0.39 is 15.8 Å². The highest BCUT2D eigenvalue weighted by atomic mass is 35.5. The van der Waals surface area contributed by atoms with Crippen LogP contribution >= 0.6 is 23.8 Å². The number of aryl methyl sites for hydroxylation is 1. The first kappa shape index (κ1) is 20.0. The number of hydrogen-bond donors (Lipinski definition) is 1. The second-order valence-corrected chi connectivity index (χ2v) is 8.97. The Morgan fingerprint density at radius 2 is 1.74 bits per heavy atom. The lowest BCUT2D eigenvalue weighted by atomic mass is 10.2. The third-order valence-electron chi connectivity index (χ3n) is 4.40. The predicted octanol–water partition coefficient (Wildman–Crippen LogP) is 3.49. The van der Waals surface area contributed by atoms with E-state index >= 15 is 0 Å². The quantitative estimate of drug-likeness (QED) is 0.760. The van der Waals surface area contributed by atoms with Gasteiger partial charge in [0.25, 0.3) is 0 Å². The van der Waals surface area contributed by atoms with Crippen molar-refractivity contribution in [2.24, 2.45) is 0 Å². The van der Waals surface area contributed by atoms with Crippen LogP contribution in [0.2, 0.25) is 5.02 Å². The molecule has 1 N–H and O–H groups in total. The molecule has 9 heteroatoms. The van der Waals surface area contributed by atoms with E-state index in [1.807, 2.05) is 24.0 Å². The minimum Gasteiger partial charge on any atom is -0.346 e. The van der Waals surface area contributed by atoms with Crippen LogP contribution in [0.25, 0.3) is 0 Å². The van der Waals surface area contributed by atoms with Gasteiger partial charge in [0.1, 0.15) is 5.82 Å². The summed E-state index contributed by atoms with van der Waals surface area (Å²) in [6.07, 6.45) is 0. The minimum atomic E-state index is -3.64. The Morgan fingerprint density at radius 3 is 2.33 bits per heavy atom. The molecule has 0 unspecified atom stereocenters. The molecule has 5 nitrogen and oxygen atoms in total. The van der Waals surface area contributed by atoms with Crippen molar-refractivity contribution < 1.29 is 12.8 Å². The fraction of sp³-hybridized carbons (Fsp3) is 0.278. The lowest BCUT2D eigenvalue weighted by Crippen LogP contribution is -2.51. The molecule has 0 saturated carbocycles. The summed E-state index contributed by atoms with van der Waals surface area (Å²) < 4.78 is 39.7. The van der Waals surface area contributed by atoms with E-state index in [-0.39, 0.29) is 4.90 Å². The molecule has 2 aromatic carbocycles. The molecule has 0 aromatic heterocycles. The molecule has 1 fully saturated rings. The summed E-state index contributed by atoms with van der Waals surface area (Å²) in [5, 5.41) is 4.31. The second-order valence-electron chi connectivity index (χ2n) is 6.24. The van der Waals surface area contributed by atoms with Gasteiger partial charge in [0.05, 0.1) is 4.90 Å². The molecule has 27 heavy (non-hydrogen) atoms. The molecule has 1 saturated heterocycles. The van der Waals surface area contributed by atoms with Crippen LogP contribution in [0.15, 0.2) is 47.4 Å². The van der Waals surface area contributed by atoms with E-state index in [0.717, 1.165) is 23.4 Å². The Bertz CT molecular complexity index is 944. The zero-order valence-electron chi connectivity index (χ0n) is 14.7. The number of halogens is 2. The van der Waals surface area contributed by atoms with E-state index in [1.54, 1.807) is 6.07 Å². The van der Waals surface area contributed by atoms with E-state index in [9.17, 15) is 12.8 Å². The largest absolute Gasteiger partial charge is 0.346 e. The Morgan fingerprint density at radius 1 is 1.11 bits per heavy atom. The molecule has 1 aliphatic rings. The maximum absolute atomic E-state index is 13.0. The molecule has 0 radical (unpaired) electrons. The SMILES string of the molecule is Cc1ccc(NC(=S)N2CCN(S(=O)(=O)c3ccc(F)cc3)CC2)cc1Cl. The maximum Gasteiger partial charge on any atom is 0.243 e. The van der Waals surface area contributed by atoms with Crippen LogP contribution in [0.4, 0.5) is 10.1 Å². The lowest BCUT2D eigenvalue weighted by molar-refractivity contribution is 0.268. The third kappa shape index (κ3) is 4.57. The zero-order chi connectivity index (χ0) is 19.6. The van der Waals surface area contributed by atoms with Gasteiger partial charge in [-0.05, 0) is 61.1 Å². The topological polar surface area (TPSA) is 52.6 Å². The molecule has 0 amide bonds. The molecule has 1 aliphatic heterocycles. The zero-order valence-corrected chi connectivity index (χ0v) is 17.0. The molecule has 0 atom stereocenters. The van der Waals surface area contributed by atoms with Crippen LogP contribution in [-0.2, 0) is 10.0 Å². The smallest absolute Gasteiger partial charge is 0.243 e. The van der Waals surface area contributed by atoms with E-state index in [4.69, 9.17) is 23.8 Å². The standard InChI is InChI=1S/C18H19ClFN3O2S2/c1-13-2-5-15(12-17(13)19)21-18(26)22-8-10-23(11-9-22)27(24,25)16-6-3-14(20)4-7-16/h2-7,12H,8-11H2,1H3,(H,21,26). The fourth-order valence-electron chi connectivity index (χ4n) is 2.76. The monoisotopic (exact) mass is 427 g/mol. The number of anilines is 1. The second kappa shape index (κ2) is 8.10. The Kier molecular flexibility index (Phi) is 6.00. The van der Waals surface area contributed by atoms with Crippen molar-refractivity contribution in [3.05, 3.63) is 58.9 Å². The van der Waals surface area contributed by atoms with Crippen LogP contribution in [0.5, 0.6) is 0 Å². The van der Waals surface area contributed by atoms with Gasteiger partial charge in [-0.1, -0.05) is 17.7 Å². The number of thiocarbonyl (C=S) groups is 1. The Hall–Kier alpha value is -1.74. The summed E-state index contributed by atoms with van der Waals surface area (Å²) >= 11 is 11.6. The Labute approximate surface area is 168 Å². The highest BCUT2D eigenvalue weighted by molar-refractivity contribution is 7.89. The fourth-order valence-corrected chi connectivity index (χ4v) is 4.66. The highest BCUT2D eigenvalue weighted by Gasteiger charge is 2.29. The molecule has 3 rings (SSSR count). The molecular weight excluding hydrogens is 409 g/mol. The summed E-state index contributed by atoms with van der Waals surface area (Å²) in [5.74, 6) is -0.466. The van der Waals surface area contributed by atoms with Gasteiger partial charge in [0, 0.05) is 36.9 Å². The first-order valence-corrected chi connectivity index (χ1v) is 10.6. The van der Waals surface area contributed by atoms with Crippen molar-refractivity contribution in [1.29, 1.82) is 0 Å². The van der Waals surface area contributed by atoms with Crippen LogP contribution in [0, 0.1) is 12.7 Å². The van der Waals surface area contributed by atoms with Gasteiger partial charge in [-0.15, -0.1) is 0 Å². The number of benzene rings is 2. The molecule has 144 valence electrons. The molecule has 0 spiro atoms. The average molecular weight is 428 g/mol. The lowest BCUT2D eigenvalue weighted by Gasteiger charge is -2.35. The van der Waals surface area contributed by atoms with Crippen LogP contribution in [-0.4, -0.2) is 48.9 Å². The number of rotatable bonds is 3. The van der Waals surface area contributed by atoms with Crippen LogP contribution < -0.4 is 5.32 Å². The summed E-state index contributed by atoms with van der Waals surface area (Å²) in [6, 6.07) is 10.5. The molecule has 1 heterocycles. The molecular formula is C18H19ClFN3O2S2. The Balaban J connectivity index is 1.61. The van der Waals surface area contributed by atoms with Crippen LogP contribution in [0.3, 0.4) is 0 Å². The van der Waals surface area contributed by atoms with Crippen molar-refractivity contribution >= 4 is 44.6 Å². The number of sulfonamides is 1. The third-order valence-corrected chi connectivity index (χ3v) is 7.08. The number of piperazine rings is 1. The first-order valence-electron chi connectivity index (χ1n) is 8.35. The number of hydrogen-bond acceptors (Lipinski definition) is 3. The van der Waals surface area contributed by atoms with E-state index in [2.05, 4.69) is 5.32 Å². The molecule has 2 aromatic rings. The van der Waals surface area contributed by atoms with Gasteiger partial charge in [-0.25, -0.2) is 12.8 Å². The van der Waals surface area contributed by atoms with Crippen molar-refractivity contribution in [2.45, 2.75) is 11.8 Å². The van der Waals surface area contributed by atoms with Crippen LogP contribution in [0.1, 0.15) is 5.56 Å². The van der Waals surface area contributed by atoms with Crippen molar-refractivity contribution in [2.75, 3.05) is 31.5 Å². The average Bonchev–Trinajstić information content (AvgIpc) is 2.65. The summed E-state index contributed by atoms with van der Waals surface area (Å²) in [7, 11) is -3.64. The van der Waals surface area contributed by atoms with Crippen molar-refractivity contribution in [3.8, 4) is 0 Å². The van der Waals surface area contributed by atoms with Gasteiger partial charge >= 0.3 is 0 Å².